The molecule has 3 rings (SSSR count). The third-order valence-electron chi connectivity index (χ3n) is 3.47. The number of anilines is 1. The van der Waals surface area contributed by atoms with Crippen molar-refractivity contribution in [3.05, 3.63) is 65.9 Å². The van der Waals surface area contributed by atoms with E-state index in [0.29, 0.717) is 22.9 Å². The van der Waals surface area contributed by atoms with Gasteiger partial charge in [-0.2, -0.15) is 5.26 Å². The number of aryl methyl sites for hydroxylation is 1. The summed E-state index contributed by atoms with van der Waals surface area (Å²) in [6, 6.07) is 18.4. The predicted octanol–water partition coefficient (Wildman–Crippen LogP) is 3.54. The topological polar surface area (TPSA) is 88.1 Å². The minimum absolute atomic E-state index is 0.123. The number of hydrogen-bond donors (Lipinski definition) is 1. The first-order valence-corrected chi connectivity index (χ1v) is 7.60. The van der Waals surface area contributed by atoms with Gasteiger partial charge in [0.2, 0.25) is 0 Å². The summed E-state index contributed by atoms with van der Waals surface area (Å²) in [6.45, 7) is 1.62. The van der Waals surface area contributed by atoms with Crippen LogP contribution in [0.2, 0.25) is 0 Å². The van der Waals surface area contributed by atoms with E-state index in [1.807, 2.05) is 24.3 Å². The van der Waals surface area contributed by atoms with Crippen molar-refractivity contribution in [2.75, 3.05) is 11.9 Å². The molecule has 0 bridgehead atoms. The van der Waals surface area contributed by atoms with Gasteiger partial charge in [0.25, 0.3) is 5.91 Å². The predicted molar refractivity (Wildman–Crippen MR) is 92.0 cm³/mol. The summed E-state index contributed by atoms with van der Waals surface area (Å²) >= 11 is 0. The molecule has 0 saturated carbocycles. The lowest BCUT2D eigenvalue weighted by molar-refractivity contribution is -0.118. The van der Waals surface area contributed by atoms with Crippen molar-refractivity contribution in [2.24, 2.45) is 0 Å². The summed E-state index contributed by atoms with van der Waals surface area (Å²) in [5.41, 5.74) is 2.63. The van der Waals surface area contributed by atoms with Crippen molar-refractivity contribution in [3.63, 3.8) is 0 Å². The maximum atomic E-state index is 11.8. The van der Waals surface area contributed by atoms with Crippen LogP contribution < -0.4 is 10.1 Å². The van der Waals surface area contributed by atoms with Gasteiger partial charge in [0, 0.05) is 6.07 Å². The third kappa shape index (κ3) is 4.24. The number of benzene rings is 2. The van der Waals surface area contributed by atoms with Gasteiger partial charge in [-0.05, 0) is 42.3 Å². The maximum Gasteiger partial charge on any atom is 0.263 e. The number of carbonyl (C=O) groups is 1. The number of nitriles is 1. The molecule has 124 valence electrons. The Morgan fingerprint density at radius 3 is 2.36 bits per heavy atom. The van der Waals surface area contributed by atoms with Gasteiger partial charge < -0.3 is 14.6 Å². The van der Waals surface area contributed by atoms with E-state index >= 15 is 0 Å². The van der Waals surface area contributed by atoms with Gasteiger partial charge in [0.1, 0.15) is 11.5 Å². The fourth-order valence-electron chi connectivity index (χ4n) is 2.23. The zero-order valence-electron chi connectivity index (χ0n) is 13.5. The van der Waals surface area contributed by atoms with E-state index in [-0.39, 0.29) is 12.5 Å². The molecule has 0 aliphatic carbocycles. The number of carbonyl (C=O) groups excluding carboxylic acids is 1. The molecule has 1 aromatic heterocycles. The Morgan fingerprint density at radius 2 is 1.80 bits per heavy atom. The molecule has 1 N–H and O–H groups in total. The number of hydrogen-bond acceptors (Lipinski definition) is 5. The van der Waals surface area contributed by atoms with Crippen LogP contribution in [0.1, 0.15) is 11.3 Å². The molecular weight excluding hydrogens is 318 g/mol. The fraction of sp³-hybridized carbons (Fsp3) is 0.105. The summed E-state index contributed by atoms with van der Waals surface area (Å²) in [4.78, 5) is 11.8. The molecule has 3 aromatic rings. The number of aromatic nitrogens is 1. The van der Waals surface area contributed by atoms with Gasteiger partial charge in [-0.25, -0.2) is 0 Å². The van der Waals surface area contributed by atoms with Crippen LogP contribution in [0.25, 0.3) is 11.1 Å². The second-order valence-electron chi connectivity index (χ2n) is 5.37. The Kier molecular flexibility index (Phi) is 4.77. The van der Waals surface area contributed by atoms with E-state index in [4.69, 9.17) is 14.5 Å². The van der Waals surface area contributed by atoms with Crippen molar-refractivity contribution >= 4 is 11.7 Å². The molecule has 0 aliphatic heterocycles. The lowest BCUT2D eigenvalue weighted by atomic mass is 10.0. The highest BCUT2D eigenvalue weighted by Crippen LogP contribution is 2.22. The number of rotatable bonds is 5. The second-order valence-corrected chi connectivity index (χ2v) is 5.37. The zero-order valence-corrected chi connectivity index (χ0v) is 13.5. The van der Waals surface area contributed by atoms with E-state index in [1.165, 1.54) is 0 Å². The summed E-state index contributed by atoms with van der Waals surface area (Å²) in [5, 5.41) is 15.1. The van der Waals surface area contributed by atoms with Crippen LogP contribution in [-0.4, -0.2) is 17.7 Å². The lowest BCUT2D eigenvalue weighted by Crippen LogP contribution is -2.20. The van der Waals surface area contributed by atoms with Crippen molar-refractivity contribution in [2.45, 2.75) is 6.92 Å². The van der Waals surface area contributed by atoms with E-state index in [0.717, 1.165) is 11.1 Å². The van der Waals surface area contributed by atoms with Crippen LogP contribution in [0.5, 0.6) is 5.75 Å². The Labute approximate surface area is 144 Å². The first-order valence-electron chi connectivity index (χ1n) is 7.60. The van der Waals surface area contributed by atoms with Crippen LogP contribution in [0.4, 0.5) is 5.82 Å². The molecule has 0 fully saturated rings. The summed E-state index contributed by atoms with van der Waals surface area (Å²) in [5.74, 6) is 1.25. The minimum Gasteiger partial charge on any atom is -0.484 e. The summed E-state index contributed by atoms with van der Waals surface area (Å²) in [7, 11) is 0. The second kappa shape index (κ2) is 7.32. The number of nitrogens with one attached hydrogen (secondary N) is 1. The Balaban J connectivity index is 1.57. The van der Waals surface area contributed by atoms with Gasteiger partial charge >= 0.3 is 0 Å². The first kappa shape index (κ1) is 16.3. The number of nitrogens with zero attached hydrogens (tertiary/aromatic N) is 2. The van der Waals surface area contributed by atoms with Crippen LogP contribution in [-0.2, 0) is 4.79 Å². The highest BCUT2D eigenvalue weighted by Gasteiger charge is 2.07. The SMILES string of the molecule is Cc1cc(NC(=O)COc2ccc(-c3ccc(C#N)cc3)cc2)no1. The minimum atomic E-state index is -0.315. The smallest absolute Gasteiger partial charge is 0.263 e. The zero-order chi connectivity index (χ0) is 17.6. The molecule has 0 spiro atoms. The Morgan fingerprint density at radius 1 is 1.16 bits per heavy atom. The molecular formula is C19H15N3O3. The molecule has 2 aromatic carbocycles. The van der Waals surface area contributed by atoms with Crippen LogP contribution >= 0.6 is 0 Å². The molecule has 0 atom stereocenters. The van der Waals surface area contributed by atoms with Crippen LogP contribution in [0.15, 0.2) is 59.1 Å². The fourth-order valence-corrected chi connectivity index (χ4v) is 2.23. The third-order valence-corrected chi connectivity index (χ3v) is 3.47. The molecule has 0 saturated heterocycles. The Hall–Kier alpha value is -3.59. The molecule has 25 heavy (non-hydrogen) atoms. The van der Waals surface area contributed by atoms with Gasteiger partial charge in [0.05, 0.1) is 11.6 Å². The van der Waals surface area contributed by atoms with Crippen LogP contribution in [0, 0.1) is 18.3 Å². The van der Waals surface area contributed by atoms with E-state index < -0.39 is 0 Å². The number of amides is 1. The first-order chi connectivity index (χ1) is 12.1. The van der Waals surface area contributed by atoms with Crippen LogP contribution in [0.3, 0.4) is 0 Å². The van der Waals surface area contributed by atoms with Gasteiger partial charge in [-0.3, -0.25) is 4.79 Å². The monoisotopic (exact) mass is 333 g/mol. The van der Waals surface area contributed by atoms with Gasteiger partial charge in [-0.15, -0.1) is 0 Å². The summed E-state index contributed by atoms with van der Waals surface area (Å²) < 4.78 is 10.3. The largest absolute Gasteiger partial charge is 0.484 e. The molecule has 0 aliphatic rings. The van der Waals surface area contributed by atoms with E-state index in [2.05, 4.69) is 16.5 Å². The Bertz CT molecular complexity index is 906. The lowest BCUT2D eigenvalue weighted by Gasteiger charge is -2.07. The van der Waals surface area contributed by atoms with Gasteiger partial charge in [-0.1, -0.05) is 29.4 Å². The molecule has 1 amide bonds. The summed E-state index contributed by atoms with van der Waals surface area (Å²) in [6.07, 6.45) is 0. The normalized spacial score (nSPS) is 10.1. The quantitative estimate of drug-likeness (QED) is 0.771. The highest BCUT2D eigenvalue weighted by molar-refractivity contribution is 5.90. The van der Waals surface area contributed by atoms with Crippen molar-refractivity contribution in [3.8, 4) is 22.9 Å². The molecule has 6 heteroatoms. The number of ether oxygens (including phenoxy) is 1. The van der Waals surface area contributed by atoms with E-state index in [1.54, 1.807) is 37.3 Å². The van der Waals surface area contributed by atoms with Crippen molar-refractivity contribution in [1.29, 1.82) is 5.26 Å². The van der Waals surface area contributed by atoms with Crippen molar-refractivity contribution in [1.82, 2.24) is 5.16 Å². The average Bonchev–Trinajstić information content (AvgIpc) is 3.05. The van der Waals surface area contributed by atoms with Crippen molar-refractivity contribution < 1.29 is 14.1 Å². The molecule has 6 nitrogen and oxygen atoms in total. The standard InChI is InChI=1S/C19H15N3O3/c1-13-10-18(22-25-13)21-19(23)12-24-17-8-6-16(7-9-17)15-4-2-14(11-20)3-5-15/h2-10H,12H2,1H3,(H,21,22,23). The van der Waals surface area contributed by atoms with Gasteiger partial charge in [0.15, 0.2) is 12.4 Å². The average molecular weight is 333 g/mol. The highest BCUT2D eigenvalue weighted by atomic mass is 16.5. The maximum absolute atomic E-state index is 11.8. The molecule has 0 radical (unpaired) electrons. The molecule has 0 unspecified atom stereocenters. The van der Waals surface area contributed by atoms with E-state index in [9.17, 15) is 4.79 Å². The molecule has 1 heterocycles.